The third kappa shape index (κ3) is 10.6. The van der Waals surface area contributed by atoms with Gasteiger partial charge in [0.1, 0.15) is 6.10 Å². The third-order valence-electron chi connectivity index (χ3n) is 5.45. The molecular weight excluding hydrogens is 514 g/mol. The SMILES string of the molecule is CC(C)N[C@@](Cc1ccc(OC(=O)OC(C)C)c(OC(=O)OC(C)C)c1)(OC(=O)OC1CCCCC1)C(=O)O. The van der Waals surface area contributed by atoms with Crippen molar-refractivity contribution in [2.45, 2.75) is 110 Å². The average Bonchev–Trinajstić information content (AvgIpc) is 2.79. The van der Waals surface area contributed by atoms with Crippen LogP contribution in [0, 0.1) is 0 Å². The molecule has 1 aromatic rings. The van der Waals surface area contributed by atoms with E-state index in [1.807, 2.05) is 0 Å². The van der Waals surface area contributed by atoms with Crippen molar-refractivity contribution >= 4 is 24.4 Å². The van der Waals surface area contributed by atoms with Crippen molar-refractivity contribution in [2.75, 3.05) is 0 Å². The Morgan fingerprint density at radius 1 is 0.872 bits per heavy atom. The molecule has 1 atom stereocenters. The first-order valence-electron chi connectivity index (χ1n) is 13.1. The largest absolute Gasteiger partial charge is 0.514 e. The summed E-state index contributed by atoms with van der Waals surface area (Å²) in [7, 11) is 0. The van der Waals surface area contributed by atoms with E-state index in [-0.39, 0.29) is 29.6 Å². The number of nitrogens with one attached hydrogen (secondary N) is 1. The van der Waals surface area contributed by atoms with E-state index in [0.29, 0.717) is 12.8 Å². The topological polar surface area (TPSA) is 156 Å². The predicted octanol–water partition coefficient (Wildman–Crippen LogP) is 5.34. The molecule has 0 bridgehead atoms. The Kier molecular flexibility index (Phi) is 11.8. The summed E-state index contributed by atoms with van der Waals surface area (Å²) in [6.45, 7) is 9.90. The maximum Gasteiger partial charge on any atom is 0.514 e. The van der Waals surface area contributed by atoms with Crippen LogP contribution >= 0.6 is 0 Å². The summed E-state index contributed by atoms with van der Waals surface area (Å²) in [4.78, 5) is 49.5. The second kappa shape index (κ2) is 14.6. The van der Waals surface area contributed by atoms with E-state index >= 15 is 0 Å². The van der Waals surface area contributed by atoms with Crippen molar-refractivity contribution in [2.24, 2.45) is 0 Å². The zero-order valence-corrected chi connectivity index (χ0v) is 23.3. The van der Waals surface area contributed by atoms with E-state index in [1.165, 1.54) is 18.2 Å². The normalized spacial score (nSPS) is 15.4. The van der Waals surface area contributed by atoms with E-state index in [9.17, 15) is 24.3 Å². The molecule has 39 heavy (non-hydrogen) atoms. The highest BCUT2D eigenvalue weighted by molar-refractivity contribution is 5.80. The molecule has 0 spiro atoms. The fraction of sp³-hybridized carbons (Fsp3) is 0.630. The Morgan fingerprint density at radius 2 is 1.44 bits per heavy atom. The van der Waals surface area contributed by atoms with Crippen LogP contribution in [0.3, 0.4) is 0 Å². The number of aliphatic carboxylic acids is 1. The first-order valence-corrected chi connectivity index (χ1v) is 13.1. The lowest BCUT2D eigenvalue weighted by Crippen LogP contribution is -2.59. The molecule has 0 amide bonds. The highest BCUT2D eigenvalue weighted by Gasteiger charge is 2.45. The first-order chi connectivity index (χ1) is 18.3. The molecule has 1 fully saturated rings. The molecule has 0 radical (unpaired) electrons. The highest BCUT2D eigenvalue weighted by Crippen LogP contribution is 2.32. The highest BCUT2D eigenvalue weighted by atomic mass is 16.8. The number of carbonyl (C=O) groups is 4. The van der Waals surface area contributed by atoms with Crippen molar-refractivity contribution in [1.29, 1.82) is 0 Å². The molecule has 1 aromatic carbocycles. The van der Waals surface area contributed by atoms with Crippen molar-refractivity contribution in [3.05, 3.63) is 23.8 Å². The van der Waals surface area contributed by atoms with Crippen LogP contribution in [0.2, 0.25) is 0 Å². The molecule has 1 aliphatic rings. The second-order valence-corrected chi connectivity index (χ2v) is 10.2. The van der Waals surface area contributed by atoms with E-state index in [2.05, 4.69) is 5.32 Å². The van der Waals surface area contributed by atoms with Gasteiger partial charge in [0.05, 0.1) is 12.2 Å². The van der Waals surface area contributed by atoms with Crippen LogP contribution in [0.5, 0.6) is 11.5 Å². The van der Waals surface area contributed by atoms with E-state index < -0.39 is 48.4 Å². The molecule has 2 N–H and O–H groups in total. The van der Waals surface area contributed by atoms with Gasteiger partial charge in [-0.25, -0.2) is 19.2 Å². The maximum absolute atomic E-state index is 12.7. The molecule has 12 nitrogen and oxygen atoms in total. The first kappa shape index (κ1) is 31.7. The summed E-state index contributed by atoms with van der Waals surface area (Å²) in [5.74, 6) is -1.85. The number of ether oxygens (including phenoxy) is 6. The molecule has 12 heteroatoms. The van der Waals surface area contributed by atoms with Crippen LogP contribution < -0.4 is 14.8 Å². The lowest BCUT2D eigenvalue weighted by Gasteiger charge is -2.32. The zero-order valence-electron chi connectivity index (χ0n) is 23.3. The predicted molar refractivity (Wildman–Crippen MR) is 138 cm³/mol. The quantitative estimate of drug-likeness (QED) is 0.157. The van der Waals surface area contributed by atoms with Gasteiger partial charge in [-0.05, 0) is 84.9 Å². The van der Waals surface area contributed by atoms with Gasteiger partial charge in [0.25, 0.3) is 5.72 Å². The molecule has 2 rings (SSSR count). The molecule has 0 aromatic heterocycles. The minimum absolute atomic E-state index is 0.166. The summed E-state index contributed by atoms with van der Waals surface area (Å²) < 4.78 is 31.2. The van der Waals surface area contributed by atoms with Crippen molar-refractivity contribution in [3.63, 3.8) is 0 Å². The van der Waals surface area contributed by atoms with E-state index in [0.717, 1.165) is 19.3 Å². The molecule has 1 aliphatic carbocycles. The Hall–Kier alpha value is -3.54. The summed E-state index contributed by atoms with van der Waals surface area (Å²) in [6, 6.07) is 3.62. The van der Waals surface area contributed by atoms with Crippen LogP contribution in [-0.4, -0.2) is 59.6 Å². The van der Waals surface area contributed by atoms with Crippen LogP contribution in [0.1, 0.15) is 79.2 Å². The second-order valence-electron chi connectivity index (χ2n) is 10.2. The number of carboxylic acids is 1. The molecule has 0 aliphatic heterocycles. The van der Waals surface area contributed by atoms with E-state index in [1.54, 1.807) is 41.5 Å². The van der Waals surface area contributed by atoms with Gasteiger partial charge in [0.2, 0.25) is 0 Å². The Balaban J connectivity index is 2.37. The van der Waals surface area contributed by atoms with Crippen LogP contribution in [-0.2, 0) is 30.2 Å². The maximum atomic E-state index is 12.7. The molecule has 0 saturated heterocycles. The van der Waals surface area contributed by atoms with Gasteiger partial charge < -0.3 is 33.5 Å². The lowest BCUT2D eigenvalue weighted by molar-refractivity contribution is -0.168. The monoisotopic (exact) mass is 553 g/mol. The van der Waals surface area contributed by atoms with Crippen LogP contribution in [0.4, 0.5) is 14.4 Å². The molecule has 0 unspecified atom stereocenters. The minimum atomic E-state index is -2.21. The third-order valence-corrected chi connectivity index (χ3v) is 5.45. The van der Waals surface area contributed by atoms with Crippen LogP contribution in [0.15, 0.2) is 18.2 Å². The number of benzene rings is 1. The van der Waals surface area contributed by atoms with Crippen molar-refractivity contribution in [1.82, 2.24) is 5.32 Å². The van der Waals surface area contributed by atoms with Gasteiger partial charge in [0.15, 0.2) is 11.5 Å². The van der Waals surface area contributed by atoms with Crippen molar-refractivity contribution < 1.29 is 52.7 Å². The number of rotatable bonds is 11. The molecule has 0 heterocycles. The fourth-order valence-electron chi connectivity index (χ4n) is 3.98. The van der Waals surface area contributed by atoms with Crippen LogP contribution in [0.25, 0.3) is 0 Å². The molecule has 1 saturated carbocycles. The summed E-state index contributed by atoms with van der Waals surface area (Å²) in [6.07, 6.45) is -0.653. The van der Waals surface area contributed by atoms with E-state index in [4.69, 9.17) is 28.4 Å². The summed E-state index contributed by atoms with van der Waals surface area (Å²) in [5.41, 5.74) is -1.94. The molecular formula is C27H39NO11. The van der Waals surface area contributed by atoms with Gasteiger partial charge >= 0.3 is 24.4 Å². The summed E-state index contributed by atoms with van der Waals surface area (Å²) >= 11 is 0. The van der Waals surface area contributed by atoms with Gasteiger partial charge in [-0.3, -0.25) is 5.32 Å². The Morgan fingerprint density at radius 3 is 1.95 bits per heavy atom. The van der Waals surface area contributed by atoms with Gasteiger partial charge in [-0.15, -0.1) is 0 Å². The standard InChI is InChI=1S/C27H39NO11/c1-16(2)28-27(23(29)30,39-26(33)36-20-10-8-7-9-11-20)15-19-12-13-21(37-24(31)34-17(3)4)22(14-19)38-25(32)35-18(5)6/h12-14,16-18,20,28H,7-11,15H2,1-6H3,(H,29,30)/t27-/m0/s1. The smallest absolute Gasteiger partial charge is 0.477 e. The molecule has 218 valence electrons. The Labute approximate surface area is 228 Å². The summed E-state index contributed by atoms with van der Waals surface area (Å²) in [5, 5.41) is 13.0. The Bertz CT molecular complexity index is 1000. The fourth-order valence-corrected chi connectivity index (χ4v) is 3.98. The van der Waals surface area contributed by atoms with Gasteiger partial charge in [0, 0.05) is 12.5 Å². The number of carbonyl (C=O) groups excluding carboxylic acids is 3. The minimum Gasteiger partial charge on any atom is -0.477 e. The zero-order chi connectivity index (χ0) is 29.2. The van der Waals surface area contributed by atoms with Crippen molar-refractivity contribution in [3.8, 4) is 11.5 Å². The van der Waals surface area contributed by atoms with Gasteiger partial charge in [-0.2, -0.15) is 0 Å². The van der Waals surface area contributed by atoms with Gasteiger partial charge in [-0.1, -0.05) is 12.5 Å². The lowest BCUT2D eigenvalue weighted by atomic mass is 9.98. The number of hydrogen-bond donors (Lipinski definition) is 2. The number of carboxylic acid groups (broad SMARTS) is 1. The number of hydrogen-bond acceptors (Lipinski definition) is 11. The average molecular weight is 554 g/mol.